The minimum Gasteiger partial charge on any atom is -0.468 e. The molecular formula is C12H22ClNO2. The molecule has 0 amide bonds. The molecule has 1 atom stereocenters. The molecule has 0 aromatic heterocycles. The third kappa shape index (κ3) is 1.48. The quantitative estimate of drug-likeness (QED) is 0.761. The van der Waals surface area contributed by atoms with E-state index in [0.29, 0.717) is 10.8 Å². The molecule has 1 unspecified atom stereocenters. The van der Waals surface area contributed by atoms with Crippen molar-refractivity contribution in [2.24, 2.45) is 22.0 Å². The van der Waals surface area contributed by atoms with Crippen molar-refractivity contribution in [3.05, 3.63) is 0 Å². The number of rotatable bonds is 2. The number of ether oxygens (including phenoxy) is 1. The molecule has 0 aliphatic heterocycles. The van der Waals surface area contributed by atoms with Crippen LogP contribution in [0.2, 0.25) is 0 Å². The maximum absolute atomic E-state index is 11.4. The van der Waals surface area contributed by atoms with Gasteiger partial charge in [0.05, 0.1) is 7.11 Å². The van der Waals surface area contributed by atoms with Crippen LogP contribution in [0, 0.1) is 16.2 Å². The fourth-order valence-electron chi connectivity index (χ4n) is 3.37. The second-order valence-corrected chi connectivity index (χ2v) is 6.42. The molecule has 0 radical (unpaired) electrons. The summed E-state index contributed by atoms with van der Waals surface area (Å²) in [7, 11) is 1.41. The molecule has 3 aliphatic rings. The Morgan fingerprint density at radius 3 is 2.06 bits per heavy atom. The number of hydrogen-bond donors (Lipinski definition) is 1. The number of halogens is 1. The van der Waals surface area contributed by atoms with Crippen LogP contribution < -0.4 is 5.73 Å². The molecule has 2 bridgehead atoms. The predicted octanol–water partition coefficient (Wildman–Crippen LogP) is 2.12. The zero-order valence-corrected chi connectivity index (χ0v) is 11.3. The van der Waals surface area contributed by atoms with Crippen LogP contribution >= 0.6 is 12.4 Å². The maximum Gasteiger partial charge on any atom is 0.323 e. The smallest absolute Gasteiger partial charge is 0.323 e. The van der Waals surface area contributed by atoms with E-state index in [2.05, 4.69) is 20.8 Å². The normalized spacial score (nSPS) is 37.6. The van der Waals surface area contributed by atoms with Gasteiger partial charge in [-0.05, 0) is 35.5 Å². The molecule has 3 nitrogen and oxygen atoms in total. The lowest BCUT2D eigenvalue weighted by atomic mass is 9.28. The highest BCUT2D eigenvalue weighted by atomic mass is 35.5. The van der Waals surface area contributed by atoms with Crippen molar-refractivity contribution in [1.29, 1.82) is 0 Å². The van der Waals surface area contributed by atoms with E-state index in [-0.39, 0.29) is 23.8 Å². The standard InChI is InChI=1S/C12H21NO2.ClH/c1-10(2,3)12-5-11(6-12,7-12)8(13)9(14)15-4;/h8H,5-7,13H2,1-4H3;1H. The summed E-state index contributed by atoms with van der Waals surface area (Å²) in [6.45, 7) is 6.83. The number of nitrogens with two attached hydrogens (primary N) is 1. The molecular weight excluding hydrogens is 226 g/mol. The zero-order chi connectivity index (χ0) is 11.5. The Bertz CT molecular complexity index is 289. The highest BCUT2D eigenvalue weighted by molar-refractivity contribution is 5.85. The lowest BCUT2D eigenvalue weighted by Gasteiger charge is -2.76. The van der Waals surface area contributed by atoms with Gasteiger partial charge in [0.1, 0.15) is 6.04 Å². The fourth-order valence-corrected chi connectivity index (χ4v) is 3.37. The van der Waals surface area contributed by atoms with Gasteiger partial charge in [0.15, 0.2) is 0 Å². The highest BCUT2D eigenvalue weighted by Gasteiger charge is 2.74. The van der Waals surface area contributed by atoms with Crippen LogP contribution in [0.15, 0.2) is 0 Å². The van der Waals surface area contributed by atoms with E-state index in [1.54, 1.807) is 0 Å². The molecule has 94 valence electrons. The summed E-state index contributed by atoms with van der Waals surface area (Å²) in [5, 5.41) is 0. The Hall–Kier alpha value is -0.280. The van der Waals surface area contributed by atoms with Gasteiger partial charge in [0.2, 0.25) is 0 Å². The van der Waals surface area contributed by atoms with Gasteiger partial charge in [0.25, 0.3) is 0 Å². The first kappa shape index (κ1) is 13.8. The summed E-state index contributed by atoms with van der Waals surface area (Å²) in [6.07, 6.45) is 3.29. The van der Waals surface area contributed by atoms with Crippen molar-refractivity contribution in [1.82, 2.24) is 0 Å². The van der Waals surface area contributed by atoms with Gasteiger partial charge >= 0.3 is 5.97 Å². The van der Waals surface area contributed by atoms with Crippen LogP contribution in [0.4, 0.5) is 0 Å². The zero-order valence-electron chi connectivity index (χ0n) is 10.5. The molecule has 3 saturated carbocycles. The first-order valence-electron chi connectivity index (χ1n) is 5.60. The Morgan fingerprint density at radius 2 is 1.75 bits per heavy atom. The van der Waals surface area contributed by atoms with Crippen molar-refractivity contribution in [3.8, 4) is 0 Å². The van der Waals surface area contributed by atoms with Crippen LogP contribution in [0.1, 0.15) is 40.0 Å². The van der Waals surface area contributed by atoms with Crippen molar-refractivity contribution in [2.45, 2.75) is 46.1 Å². The molecule has 3 fully saturated rings. The van der Waals surface area contributed by atoms with Crippen LogP contribution in [-0.2, 0) is 9.53 Å². The summed E-state index contributed by atoms with van der Waals surface area (Å²) in [5.74, 6) is -0.253. The van der Waals surface area contributed by atoms with E-state index in [1.165, 1.54) is 7.11 Å². The molecule has 2 N–H and O–H groups in total. The number of esters is 1. The van der Waals surface area contributed by atoms with E-state index in [9.17, 15) is 4.79 Å². The first-order valence-corrected chi connectivity index (χ1v) is 5.60. The number of hydrogen-bond acceptors (Lipinski definition) is 3. The maximum atomic E-state index is 11.4. The molecule has 0 heterocycles. The Balaban J connectivity index is 0.00000128. The van der Waals surface area contributed by atoms with E-state index < -0.39 is 6.04 Å². The van der Waals surface area contributed by atoms with Gasteiger partial charge in [-0.25, -0.2) is 0 Å². The SMILES string of the molecule is COC(=O)C(N)C12CC(C(C)(C)C)(C1)C2.Cl. The van der Waals surface area contributed by atoms with E-state index in [1.807, 2.05) is 0 Å². The molecule has 3 aliphatic carbocycles. The van der Waals surface area contributed by atoms with Crippen LogP contribution in [0.5, 0.6) is 0 Å². The number of methoxy groups -OCH3 is 1. The summed E-state index contributed by atoms with van der Waals surface area (Å²) in [4.78, 5) is 11.4. The summed E-state index contributed by atoms with van der Waals surface area (Å²) < 4.78 is 4.71. The molecule has 0 spiro atoms. The second-order valence-electron chi connectivity index (χ2n) is 6.42. The van der Waals surface area contributed by atoms with Gasteiger partial charge < -0.3 is 10.5 Å². The van der Waals surface area contributed by atoms with Gasteiger partial charge in [-0.1, -0.05) is 20.8 Å². The monoisotopic (exact) mass is 247 g/mol. The van der Waals surface area contributed by atoms with Crippen molar-refractivity contribution >= 4 is 18.4 Å². The Morgan fingerprint density at radius 1 is 1.31 bits per heavy atom. The topological polar surface area (TPSA) is 52.3 Å². The Kier molecular flexibility index (Phi) is 3.11. The molecule has 3 rings (SSSR count). The lowest BCUT2D eigenvalue weighted by molar-refractivity contribution is -0.268. The summed E-state index contributed by atoms with van der Waals surface area (Å²) in [6, 6.07) is -0.410. The van der Waals surface area contributed by atoms with E-state index in [4.69, 9.17) is 10.5 Å². The second kappa shape index (κ2) is 3.61. The number of carbonyl (C=O) groups excluding carboxylic acids is 1. The Labute approximate surface area is 104 Å². The molecule has 0 aromatic carbocycles. The van der Waals surface area contributed by atoms with E-state index >= 15 is 0 Å². The van der Waals surface area contributed by atoms with Gasteiger partial charge in [-0.15, -0.1) is 12.4 Å². The first-order chi connectivity index (χ1) is 6.76. The average molecular weight is 248 g/mol. The predicted molar refractivity (Wildman–Crippen MR) is 65.4 cm³/mol. The van der Waals surface area contributed by atoms with Crippen LogP contribution in [0.3, 0.4) is 0 Å². The number of carbonyl (C=O) groups is 1. The van der Waals surface area contributed by atoms with Crippen LogP contribution in [0.25, 0.3) is 0 Å². The molecule has 0 aromatic rings. The van der Waals surface area contributed by atoms with E-state index in [0.717, 1.165) is 19.3 Å². The molecule has 16 heavy (non-hydrogen) atoms. The van der Waals surface area contributed by atoms with Crippen molar-refractivity contribution < 1.29 is 9.53 Å². The van der Waals surface area contributed by atoms with Crippen molar-refractivity contribution in [3.63, 3.8) is 0 Å². The minimum atomic E-state index is -0.410. The largest absolute Gasteiger partial charge is 0.468 e. The average Bonchev–Trinajstić information content (AvgIpc) is 1.94. The molecule has 0 saturated heterocycles. The van der Waals surface area contributed by atoms with Gasteiger partial charge in [0, 0.05) is 0 Å². The fraction of sp³-hybridized carbons (Fsp3) is 0.917. The third-order valence-electron chi connectivity index (χ3n) is 4.78. The van der Waals surface area contributed by atoms with Crippen molar-refractivity contribution in [2.75, 3.05) is 7.11 Å². The lowest BCUT2D eigenvalue weighted by Crippen LogP contribution is -2.73. The highest BCUT2D eigenvalue weighted by Crippen LogP contribution is 2.79. The molecule has 4 heteroatoms. The third-order valence-corrected chi connectivity index (χ3v) is 4.78. The minimum absolute atomic E-state index is 0. The summed E-state index contributed by atoms with van der Waals surface area (Å²) >= 11 is 0. The van der Waals surface area contributed by atoms with Gasteiger partial charge in [-0.3, -0.25) is 4.79 Å². The van der Waals surface area contributed by atoms with Crippen LogP contribution in [-0.4, -0.2) is 19.1 Å². The van der Waals surface area contributed by atoms with Gasteiger partial charge in [-0.2, -0.15) is 0 Å². The summed E-state index contributed by atoms with van der Waals surface area (Å²) in [5.41, 5.74) is 6.78.